The van der Waals surface area contributed by atoms with Crippen LogP contribution in [0, 0.1) is 0 Å². The molecule has 0 aromatic rings. The van der Waals surface area contributed by atoms with E-state index < -0.39 is 48.2 Å². The molecule has 0 radical (unpaired) electrons. The zero-order valence-corrected chi connectivity index (χ0v) is 14.8. The largest absolute Gasteiger partial charge is 0.387 e. The van der Waals surface area contributed by atoms with Gasteiger partial charge in [-0.25, -0.2) is 0 Å². The summed E-state index contributed by atoms with van der Waals surface area (Å²) in [5.74, 6) is -1.56. The molecular formula is C17H28O7. The van der Waals surface area contributed by atoms with E-state index in [0.29, 0.717) is 6.61 Å². The molecule has 3 aliphatic heterocycles. The van der Waals surface area contributed by atoms with Crippen LogP contribution in [0.1, 0.15) is 47.0 Å². The van der Waals surface area contributed by atoms with Gasteiger partial charge in [-0.05, 0) is 47.0 Å². The maximum Gasteiger partial charge on any atom is 0.164 e. The van der Waals surface area contributed by atoms with Gasteiger partial charge in [0.25, 0.3) is 0 Å². The summed E-state index contributed by atoms with van der Waals surface area (Å²) in [6.07, 6.45) is -0.375. The lowest BCUT2D eigenvalue weighted by Gasteiger charge is -2.42. The summed E-state index contributed by atoms with van der Waals surface area (Å²) in [6.45, 7) is 8.07. The Labute approximate surface area is 142 Å². The van der Waals surface area contributed by atoms with Gasteiger partial charge in [-0.2, -0.15) is 0 Å². The smallest absolute Gasteiger partial charge is 0.164 e. The van der Waals surface area contributed by atoms with Crippen LogP contribution in [0.5, 0.6) is 0 Å². The summed E-state index contributed by atoms with van der Waals surface area (Å²) in [4.78, 5) is 0. The van der Waals surface area contributed by atoms with Gasteiger partial charge in [-0.1, -0.05) is 0 Å². The average molecular weight is 344 g/mol. The van der Waals surface area contributed by atoms with E-state index in [2.05, 4.69) is 0 Å². The van der Waals surface area contributed by atoms with Gasteiger partial charge in [0.1, 0.15) is 36.6 Å². The summed E-state index contributed by atoms with van der Waals surface area (Å²) in [7, 11) is 0. The Morgan fingerprint density at radius 1 is 0.833 bits per heavy atom. The van der Waals surface area contributed by atoms with Crippen molar-refractivity contribution < 1.29 is 33.5 Å². The molecule has 0 bridgehead atoms. The minimum absolute atomic E-state index is 0.278. The highest BCUT2D eigenvalue weighted by Crippen LogP contribution is 2.45. The SMILES string of the molecule is CC1(C)O[C@@H]2C(O[C@@H]3CCCCO3)[C@@H]3OC(C)(C)O[C@@H]3C(O)[C@@H]2O1. The zero-order chi connectivity index (χ0) is 17.1. The maximum absolute atomic E-state index is 10.7. The molecule has 24 heavy (non-hydrogen) atoms. The van der Waals surface area contributed by atoms with E-state index in [1.807, 2.05) is 27.7 Å². The van der Waals surface area contributed by atoms with Crippen molar-refractivity contribution in [2.24, 2.45) is 0 Å². The van der Waals surface area contributed by atoms with Crippen molar-refractivity contribution in [2.45, 2.75) is 101 Å². The van der Waals surface area contributed by atoms with Gasteiger partial charge in [-0.3, -0.25) is 0 Å². The van der Waals surface area contributed by atoms with E-state index in [9.17, 15) is 5.11 Å². The third kappa shape index (κ3) is 3.00. The molecule has 0 spiro atoms. The zero-order valence-electron chi connectivity index (χ0n) is 14.8. The predicted molar refractivity (Wildman–Crippen MR) is 82.1 cm³/mol. The van der Waals surface area contributed by atoms with Crippen LogP contribution in [-0.4, -0.2) is 66.2 Å². The fourth-order valence-electron chi connectivity index (χ4n) is 4.19. The van der Waals surface area contributed by atoms with Gasteiger partial charge in [0, 0.05) is 6.61 Å². The second-order valence-corrected chi connectivity index (χ2v) is 8.02. The second-order valence-electron chi connectivity index (χ2n) is 8.02. The van der Waals surface area contributed by atoms with Crippen LogP contribution in [0.3, 0.4) is 0 Å². The number of aliphatic hydroxyl groups is 1. The molecule has 7 nitrogen and oxygen atoms in total. The molecule has 4 fully saturated rings. The van der Waals surface area contributed by atoms with Gasteiger partial charge in [0.05, 0.1) is 0 Å². The van der Waals surface area contributed by atoms with Gasteiger partial charge in [-0.15, -0.1) is 0 Å². The van der Waals surface area contributed by atoms with Crippen molar-refractivity contribution in [3.8, 4) is 0 Å². The third-order valence-electron chi connectivity index (χ3n) is 5.09. The van der Waals surface area contributed by atoms with Crippen LogP contribution < -0.4 is 0 Å². The second kappa shape index (κ2) is 5.87. The Bertz CT molecular complexity index is 442. The average Bonchev–Trinajstić information content (AvgIpc) is 3.00. The summed E-state index contributed by atoms with van der Waals surface area (Å²) >= 11 is 0. The van der Waals surface area contributed by atoms with E-state index in [1.54, 1.807) is 0 Å². The van der Waals surface area contributed by atoms with E-state index in [-0.39, 0.29) is 6.29 Å². The van der Waals surface area contributed by atoms with Crippen molar-refractivity contribution in [1.29, 1.82) is 0 Å². The minimum atomic E-state index is -0.823. The van der Waals surface area contributed by atoms with Crippen LogP contribution in [0.2, 0.25) is 0 Å². The predicted octanol–water partition coefficient (Wildman–Crippen LogP) is 1.31. The molecule has 1 N–H and O–H groups in total. The standard InChI is InChI=1S/C17H28O7/c1-16(2)21-11-10(18)12-15(24-17(3,4)22-12)13(14(11)23-16)20-9-7-5-6-8-19-9/h9-15,18H,5-8H2,1-4H3/t9-,10?,11-,12+,13?,14-,15+/m1/s1. The summed E-state index contributed by atoms with van der Waals surface area (Å²) in [5, 5.41) is 10.7. The van der Waals surface area contributed by atoms with E-state index in [4.69, 9.17) is 28.4 Å². The number of hydrogen-bond donors (Lipinski definition) is 1. The molecule has 0 aromatic heterocycles. The first-order chi connectivity index (χ1) is 11.3. The third-order valence-corrected chi connectivity index (χ3v) is 5.09. The molecule has 4 aliphatic rings. The normalized spacial score (nSPS) is 49.6. The van der Waals surface area contributed by atoms with Crippen molar-refractivity contribution in [3.63, 3.8) is 0 Å². The molecule has 2 unspecified atom stereocenters. The molecule has 3 saturated heterocycles. The van der Waals surface area contributed by atoms with Crippen molar-refractivity contribution in [1.82, 2.24) is 0 Å². The fourth-order valence-corrected chi connectivity index (χ4v) is 4.19. The monoisotopic (exact) mass is 344 g/mol. The number of rotatable bonds is 2. The Morgan fingerprint density at radius 2 is 1.38 bits per heavy atom. The number of ether oxygens (including phenoxy) is 6. The molecule has 1 saturated carbocycles. The van der Waals surface area contributed by atoms with Gasteiger partial charge in [0.15, 0.2) is 17.9 Å². The molecule has 138 valence electrons. The van der Waals surface area contributed by atoms with Gasteiger partial charge < -0.3 is 33.5 Å². The Morgan fingerprint density at radius 3 is 1.88 bits per heavy atom. The van der Waals surface area contributed by atoms with E-state index in [1.165, 1.54) is 0 Å². The molecule has 0 amide bonds. The Hall–Kier alpha value is -0.280. The summed E-state index contributed by atoms with van der Waals surface area (Å²) in [6, 6.07) is 0. The fraction of sp³-hybridized carbons (Fsp3) is 1.00. The minimum Gasteiger partial charge on any atom is -0.387 e. The maximum atomic E-state index is 10.7. The molecule has 7 atom stereocenters. The van der Waals surface area contributed by atoms with Crippen molar-refractivity contribution in [2.75, 3.05) is 6.61 Å². The number of aliphatic hydroxyl groups excluding tert-OH is 1. The number of fused-ring (bicyclic) bond motifs is 2. The van der Waals surface area contributed by atoms with Crippen LogP contribution >= 0.6 is 0 Å². The highest BCUT2D eigenvalue weighted by atomic mass is 16.8. The molecular weight excluding hydrogens is 316 g/mol. The molecule has 0 aromatic carbocycles. The van der Waals surface area contributed by atoms with Gasteiger partial charge in [0.2, 0.25) is 0 Å². The first kappa shape index (κ1) is 17.1. The Kier molecular flexibility index (Phi) is 4.20. The lowest BCUT2D eigenvalue weighted by atomic mass is 9.85. The lowest BCUT2D eigenvalue weighted by molar-refractivity contribution is -0.254. The first-order valence-corrected chi connectivity index (χ1v) is 8.92. The lowest BCUT2D eigenvalue weighted by Crippen LogP contribution is -2.63. The topological polar surface area (TPSA) is 75.6 Å². The van der Waals surface area contributed by atoms with E-state index in [0.717, 1.165) is 19.3 Å². The molecule has 7 heteroatoms. The van der Waals surface area contributed by atoms with E-state index >= 15 is 0 Å². The van der Waals surface area contributed by atoms with Gasteiger partial charge >= 0.3 is 0 Å². The van der Waals surface area contributed by atoms with Crippen molar-refractivity contribution >= 4 is 0 Å². The number of hydrogen-bond acceptors (Lipinski definition) is 7. The first-order valence-electron chi connectivity index (χ1n) is 8.92. The highest BCUT2D eigenvalue weighted by molar-refractivity contribution is 5.08. The van der Waals surface area contributed by atoms with Crippen LogP contribution in [0.15, 0.2) is 0 Å². The van der Waals surface area contributed by atoms with Crippen LogP contribution in [-0.2, 0) is 28.4 Å². The molecule has 3 heterocycles. The van der Waals surface area contributed by atoms with Crippen molar-refractivity contribution in [3.05, 3.63) is 0 Å². The van der Waals surface area contributed by atoms with Crippen LogP contribution in [0.4, 0.5) is 0 Å². The summed E-state index contributed by atoms with van der Waals surface area (Å²) < 4.78 is 36.0. The quantitative estimate of drug-likeness (QED) is 0.809. The molecule has 4 rings (SSSR count). The summed E-state index contributed by atoms with van der Waals surface area (Å²) in [5.41, 5.74) is 0. The Balaban J connectivity index is 1.60. The van der Waals surface area contributed by atoms with Crippen LogP contribution in [0.25, 0.3) is 0 Å². The molecule has 1 aliphatic carbocycles. The highest BCUT2D eigenvalue weighted by Gasteiger charge is 2.63.